The standard InChI is InChI=1S/C23H25N3O2S/c1-26(2)13-6-14-29-23-19-15-17-7-4-5-8-20(17)28-22(19)24-21(25-23)16-9-11-18(27-3)12-10-16/h4-5,7-12H,6,13-15H2,1-3H3. The first kappa shape index (κ1) is 19.7. The van der Waals surface area contributed by atoms with Gasteiger partial charge in [0.2, 0.25) is 5.88 Å². The Morgan fingerprint density at radius 3 is 2.62 bits per heavy atom. The van der Waals surface area contributed by atoms with Crippen molar-refractivity contribution in [1.82, 2.24) is 14.9 Å². The van der Waals surface area contributed by atoms with Crippen LogP contribution in [0.15, 0.2) is 53.6 Å². The van der Waals surface area contributed by atoms with Crippen molar-refractivity contribution in [2.75, 3.05) is 33.5 Å². The fraction of sp³-hybridized carbons (Fsp3) is 0.304. The monoisotopic (exact) mass is 407 g/mol. The normalized spacial score (nSPS) is 12.3. The van der Waals surface area contributed by atoms with Gasteiger partial charge in [0, 0.05) is 17.7 Å². The van der Waals surface area contributed by atoms with Crippen LogP contribution in [0.4, 0.5) is 0 Å². The van der Waals surface area contributed by atoms with Crippen molar-refractivity contribution < 1.29 is 9.47 Å². The van der Waals surface area contributed by atoms with Crippen molar-refractivity contribution in [3.8, 4) is 28.8 Å². The van der Waals surface area contributed by atoms with Crippen LogP contribution >= 0.6 is 11.8 Å². The number of benzene rings is 2. The maximum atomic E-state index is 6.17. The van der Waals surface area contributed by atoms with Crippen molar-refractivity contribution in [2.45, 2.75) is 17.9 Å². The topological polar surface area (TPSA) is 47.5 Å². The zero-order valence-electron chi connectivity index (χ0n) is 17.0. The maximum Gasteiger partial charge on any atom is 0.227 e. The second kappa shape index (κ2) is 8.84. The number of methoxy groups -OCH3 is 1. The van der Waals surface area contributed by atoms with E-state index in [-0.39, 0.29) is 0 Å². The Hall–Kier alpha value is -2.57. The van der Waals surface area contributed by atoms with E-state index in [0.717, 1.165) is 52.8 Å². The summed E-state index contributed by atoms with van der Waals surface area (Å²) in [7, 11) is 5.87. The van der Waals surface area contributed by atoms with Gasteiger partial charge in [-0.05, 0) is 63.0 Å². The Labute approximate surface area is 176 Å². The molecule has 0 atom stereocenters. The van der Waals surface area contributed by atoms with E-state index in [1.807, 2.05) is 42.5 Å². The smallest absolute Gasteiger partial charge is 0.227 e. The van der Waals surface area contributed by atoms with Crippen LogP contribution in [-0.2, 0) is 6.42 Å². The highest BCUT2D eigenvalue weighted by atomic mass is 32.2. The van der Waals surface area contributed by atoms with E-state index in [4.69, 9.17) is 19.4 Å². The van der Waals surface area contributed by atoms with Gasteiger partial charge in [-0.15, -0.1) is 11.8 Å². The van der Waals surface area contributed by atoms with Crippen LogP contribution in [0.1, 0.15) is 17.5 Å². The quantitative estimate of drug-likeness (QED) is 0.247. The number of thioether (sulfide) groups is 1. The van der Waals surface area contributed by atoms with Gasteiger partial charge in [0.15, 0.2) is 5.82 Å². The molecule has 2 aromatic carbocycles. The average Bonchev–Trinajstić information content (AvgIpc) is 2.75. The van der Waals surface area contributed by atoms with E-state index >= 15 is 0 Å². The molecule has 4 rings (SSSR count). The summed E-state index contributed by atoms with van der Waals surface area (Å²) in [4.78, 5) is 11.9. The van der Waals surface area contributed by atoms with E-state index < -0.39 is 0 Å². The van der Waals surface area contributed by atoms with Crippen LogP contribution in [0.5, 0.6) is 17.4 Å². The number of rotatable bonds is 7. The highest BCUT2D eigenvalue weighted by molar-refractivity contribution is 7.99. The molecule has 0 radical (unpaired) electrons. The molecule has 1 aliphatic rings. The summed E-state index contributed by atoms with van der Waals surface area (Å²) in [5.74, 6) is 4.05. The lowest BCUT2D eigenvalue weighted by molar-refractivity contribution is 0.410. The Morgan fingerprint density at radius 2 is 1.86 bits per heavy atom. The molecule has 0 saturated heterocycles. The molecule has 1 aromatic heterocycles. The minimum absolute atomic E-state index is 0.666. The zero-order chi connectivity index (χ0) is 20.2. The van der Waals surface area contributed by atoms with E-state index in [0.29, 0.717) is 11.7 Å². The van der Waals surface area contributed by atoms with E-state index in [2.05, 4.69) is 25.1 Å². The molecule has 0 N–H and O–H groups in total. The summed E-state index contributed by atoms with van der Waals surface area (Å²) in [6.45, 7) is 1.06. The summed E-state index contributed by atoms with van der Waals surface area (Å²) >= 11 is 1.79. The third-order valence-corrected chi connectivity index (χ3v) is 5.92. The largest absolute Gasteiger partial charge is 0.497 e. The first-order valence-corrected chi connectivity index (χ1v) is 10.7. The molecule has 0 bridgehead atoms. The first-order valence-electron chi connectivity index (χ1n) is 9.72. The van der Waals surface area contributed by atoms with Crippen molar-refractivity contribution >= 4 is 11.8 Å². The minimum atomic E-state index is 0.666. The molecule has 6 heteroatoms. The Morgan fingerprint density at radius 1 is 1.07 bits per heavy atom. The number of fused-ring (bicyclic) bond motifs is 2. The zero-order valence-corrected chi connectivity index (χ0v) is 17.8. The lowest BCUT2D eigenvalue weighted by Gasteiger charge is -2.22. The number of hydrogen-bond acceptors (Lipinski definition) is 6. The van der Waals surface area contributed by atoms with Crippen molar-refractivity contribution in [3.63, 3.8) is 0 Å². The molecule has 0 unspecified atom stereocenters. The third kappa shape index (κ3) is 4.54. The highest BCUT2D eigenvalue weighted by Gasteiger charge is 2.24. The minimum Gasteiger partial charge on any atom is -0.497 e. The van der Waals surface area contributed by atoms with Crippen LogP contribution in [0.25, 0.3) is 11.4 Å². The molecule has 5 nitrogen and oxygen atoms in total. The second-order valence-corrected chi connectivity index (χ2v) is 8.34. The van der Waals surface area contributed by atoms with Gasteiger partial charge in [-0.1, -0.05) is 18.2 Å². The predicted molar refractivity (Wildman–Crippen MR) is 117 cm³/mol. The molecule has 29 heavy (non-hydrogen) atoms. The molecule has 0 fully saturated rings. The van der Waals surface area contributed by atoms with Gasteiger partial charge in [-0.25, -0.2) is 4.98 Å². The van der Waals surface area contributed by atoms with Crippen molar-refractivity contribution in [3.05, 3.63) is 59.7 Å². The van der Waals surface area contributed by atoms with Crippen LogP contribution < -0.4 is 9.47 Å². The summed E-state index contributed by atoms with van der Waals surface area (Å²) < 4.78 is 11.4. The molecular weight excluding hydrogens is 382 g/mol. The summed E-state index contributed by atoms with van der Waals surface area (Å²) in [5.41, 5.74) is 3.21. The maximum absolute atomic E-state index is 6.17. The van der Waals surface area contributed by atoms with Crippen molar-refractivity contribution in [1.29, 1.82) is 0 Å². The molecule has 150 valence electrons. The number of ether oxygens (including phenoxy) is 2. The van der Waals surface area contributed by atoms with Crippen LogP contribution in [0.3, 0.4) is 0 Å². The SMILES string of the molecule is COc1ccc(-c2nc3c(c(SCCCN(C)C)n2)Cc2ccccc2O3)cc1. The molecule has 2 heterocycles. The molecule has 3 aromatic rings. The van der Waals surface area contributed by atoms with Crippen LogP contribution in [0, 0.1) is 0 Å². The molecule has 0 spiro atoms. The van der Waals surface area contributed by atoms with E-state index in [1.54, 1.807) is 18.9 Å². The lowest BCUT2D eigenvalue weighted by atomic mass is 10.0. The second-order valence-electron chi connectivity index (χ2n) is 7.26. The predicted octanol–water partition coefficient (Wildman–Crippen LogP) is 4.89. The summed E-state index contributed by atoms with van der Waals surface area (Å²) in [6.07, 6.45) is 1.90. The summed E-state index contributed by atoms with van der Waals surface area (Å²) in [5, 5.41) is 1.01. The molecular formula is C23H25N3O2S. The Bertz CT molecular complexity index is 990. The lowest BCUT2D eigenvalue weighted by Crippen LogP contribution is -2.13. The number of aromatic nitrogens is 2. The molecule has 1 aliphatic heterocycles. The van der Waals surface area contributed by atoms with E-state index in [9.17, 15) is 0 Å². The van der Waals surface area contributed by atoms with Crippen LogP contribution in [-0.4, -0.2) is 48.4 Å². The van der Waals surface area contributed by atoms with Gasteiger partial charge < -0.3 is 14.4 Å². The van der Waals surface area contributed by atoms with Crippen molar-refractivity contribution in [2.24, 2.45) is 0 Å². The fourth-order valence-corrected chi connectivity index (χ4v) is 4.21. The average molecular weight is 408 g/mol. The van der Waals surface area contributed by atoms with Crippen LogP contribution in [0.2, 0.25) is 0 Å². The van der Waals surface area contributed by atoms with Gasteiger partial charge in [0.1, 0.15) is 16.5 Å². The first-order chi connectivity index (χ1) is 14.1. The van der Waals surface area contributed by atoms with Gasteiger partial charge in [-0.2, -0.15) is 4.98 Å². The van der Waals surface area contributed by atoms with Gasteiger partial charge >= 0.3 is 0 Å². The van der Waals surface area contributed by atoms with E-state index in [1.165, 1.54) is 5.56 Å². The number of hydrogen-bond donors (Lipinski definition) is 0. The Kier molecular flexibility index (Phi) is 6.02. The third-order valence-electron chi connectivity index (χ3n) is 4.81. The van der Waals surface area contributed by atoms with Gasteiger partial charge in [-0.3, -0.25) is 0 Å². The highest BCUT2D eigenvalue weighted by Crippen LogP contribution is 2.40. The Balaban J connectivity index is 1.67. The fourth-order valence-electron chi connectivity index (χ4n) is 3.26. The number of para-hydroxylation sites is 1. The molecule has 0 aliphatic carbocycles. The molecule has 0 saturated carbocycles. The van der Waals surface area contributed by atoms with Gasteiger partial charge in [0.05, 0.1) is 12.7 Å². The summed E-state index contributed by atoms with van der Waals surface area (Å²) in [6, 6.07) is 16.0. The molecule has 0 amide bonds. The van der Waals surface area contributed by atoms with Gasteiger partial charge in [0.25, 0.3) is 0 Å². The number of nitrogens with zero attached hydrogens (tertiary/aromatic N) is 3.